The van der Waals surface area contributed by atoms with Gasteiger partial charge < -0.3 is 5.32 Å². The smallest absolute Gasteiger partial charge is 0.130 e. The van der Waals surface area contributed by atoms with Crippen molar-refractivity contribution in [2.75, 3.05) is 0 Å². The molecule has 1 aromatic carbocycles. The maximum atomic E-state index is 13.8. The number of nitrogens with one attached hydrogen (secondary N) is 1. The zero-order valence-corrected chi connectivity index (χ0v) is 12.5. The molecule has 1 aliphatic rings. The minimum absolute atomic E-state index is 0.176. The summed E-state index contributed by atoms with van der Waals surface area (Å²) in [5.41, 5.74) is 1.70. The van der Waals surface area contributed by atoms with E-state index in [1.54, 1.807) is 11.3 Å². The summed E-state index contributed by atoms with van der Waals surface area (Å²) in [5, 5.41) is 3.41. The second-order valence-electron chi connectivity index (χ2n) is 5.07. The molecular weight excluding hydrogens is 300 g/mol. The van der Waals surface area contributed by atoms with Crippen molar-refractivity contribution in [3.8, 4) is 0 Å². The molecule has 5 heteroatoms. The van der Waals surface area contributed by atoms with Crippen LogP contribution in [0, 0.1) is 11.6 Å². The Bertz CT molecular complexity index is 641. The Hall–Kier alpha value is -0.970. The first kappa shape index (κ1) is 14.0. The summed E-state index contributed by atoms with van der Waals surface area (Å²) in [6.45, 7) is 1.89. The topological polar surface area (TPSA) is 12.0 Å². The molecule has 2 atom stereocenters. The van der Waals surface area contributed by atoms with Gasteiger partial charge in [0.15, 0.2) is 0 Å². The van der Waals surface area contributed by atoms with Gasteiger partial charge in [-0.1, -0.05) is 17.7 Å². The largest absolute Gasteiger partial charge is 0.303 e. The molecule has 3 rings (SSSR count). The van der Waals surface area contributed by atoms with Crippen LogP contribution in [0.2, 0.25) is 4.34 Å². The van der Waals surface area contributed by atoms with Gasteiger partial charge in [-0.2, -0.15) is 0 Å². The lowest BCUT2D eigenvalue weighted by Crippen LogP contribution is -2.23. The predicted molar refractivity (Wildman–Crippen MR) is 78.3 cm³/mol. The molecule has 1 aromatic heterocycles. The molecule has 1 N–H and O–H groups in total. The fourth-order valence-corrected chi connectivity index (χ4v) is 4.10. The van der Waals surface area contributed by atoms with Crippen LogP contribution in [-0.4, -0.2) is 0 Å². The highest BCUT2D eigenvalue weighted by Gasteiger charge is 2.26. The molecule has 0 amide bonds. The van der Waals surface area contributed by atoms with Crippen LogP contribution in [-0.2, 0) is 6.42 Å². The molecule has 0 saturated heterocycles. The molecule has 20 heavy (non-hydrogen) atoms. The summed E-state index contributed by atoms with van der Waals surface area (Å²) in [6, 6.07) is 5.71. The van der Waals surface area contributed by atoms with Crippen LogP contribution in [0.5, 0.6) is 0 Å². The first-order chi connectivity index (χ1) is 9.54. The molecule has 1 nitrogen and oxygen atoms in total. The lowest BCUT2D eigenvalue weighted by Gasteiger charge is -2.20. The summed E-state index contributed by atoms with van der Waals surface area (Å²) < 4.78 is 27.5. The van der Waals surface area contributed by atoms with Gasteiger partial charge in [0.05, 0.1) is 4.34 Å². The zero-order valence-electron chi connectivity index (χ0n) is 10.9. The molecule has 0 radical (unpaired) electrons. The molecule has 1 aliphatic carbocycles. The van der Waals surface area contributed by atoms with Gasteiger partial charge in [-0.3, -0.25) is 0 Å². The number of aryl methyl sites for hydroxylation is 1. The van der Waals surface area contributed by atoms with Crippen molar-refractivity contribution in [2.24, 2.45) is 0 Å². The second kappa shape index (κ2) is 5.43. The van der Waals surface area contributed by atoms with E-state index >= 15 is 0 Å². The van der Waals surface area contributed by atoms with E-state index < -0.39 is 11.6 Å². The molecule has 2 unspecified atom stereocenters. The van der Waals surface area contributed by atoms with Gasteiger partial charge in [-0.25, -0.2) is 8.78 Å². The van der Waals surface area contributed by atoms with Gasteiger partial charge in [-0.15, -0.1) is 11.3 Å². The van der Waals surface area contributed by atoms with E-state index in [1.807, 2.05) is 13.0 Å². The Kier molecular flexibility index (Phi) is 3.80. The normalized spacial score (nSPS) is 19.1. The average Bonchev–Trinajstić information content (AvgIpc) is 2.90. The van der Waals surface area contributed by atoms with E-state index in [2.05, 4.69) is 5.32 Å². The third-order valence-corrected chi connectivity index (χ3v) is 5.07. The first-order valence-corrected chi connectivity index (χ1v) is 7.73. The number of benzene rings is 1. The lowest BCUT2D eigenvalue weighted by molar-refractivity contribution is 0.448. The van der Waals surface area contributed by atoms with E-state index in [1.165, 1.54) is 22.6 Å². The minimum atomic E-state index is -0.550. The van der Waals surface area contributed by atoms with E-state index in [0.717, 1.165) is 23.2 Å². The lowest BCUT2D eigenvalue weighted by atomic mass is 10.0. The Morgan fingerprint density at radius 3 is 2.90 bits per heavy atom. The number of fused-ring (bicyclic) bond motifs is 1. The van der Waals surface area contributed by atoms with E-state index in [-0.39, 0.29) is 12.1 Å². The van der Waals surface area contributed by atoms with Crippen LogP contribution >= 0.6 is 22.9 Å². The zero-order chi connectivity index (χ0) is 14.3. The van der Waals surface area contributed by atoms with Crippen molar-refractivity contribution in [3.63, 3.8) is 0 Å². The van der Waals surface area contributed by atoms with Gasteiger partial charge in [0.2, 0.25) is 0 Å². The van der Waals surface area contributed by atoms with Crippen molar-refractivity contribution in [2.45, 2.75) is 31.8 Å². The first-order valence-electron chi connectivity index (χ1n) is 6.53. The van der Waals surface area contributed by atoms with Crippen molar-refractivity contribution < 1.29 is 8.78 Å². The highest BCUT2D eigenvalue weighted by atomic mass is 35.5. The van der Waals surface area contributed by atoms with Crippen LogP contribution in [0.3, 0.4) is 0 Å². The fraction of sp³-hybridized carbons (Fsp3) is 0.333. The highest BCUT2D eigenvalue weighted by molar-refractivity contribution is 7.16. The number of halogens is 3. The van der Waals surface area contributed by atoms with Crippen LogP contribution in [0.25, 0.3) is 0 Å². The van der Waals surface area contributed by atoms with Gasteiger partial charge >= 0.3 is 0 Å². The van der Waals surface area contributed by atoms with Crippen LogP contribution in [0.1, 0.15) is 41.4 Å². The molecule has 1 heterocycles. The molecule has 0 saturated carbocycles. The number of rotatable bonds is 3. The standard InChI is InChI=1S/C15H14ClF2NS/c1-8(10-3-2-9(17)6-12(10)18)19-13-4-5-14-11(13)7-15(16)20-14/h2-3,6-8,13,19H,4-5H2,1H3. The second-order valence-corrected chi connectivity index (χ2v) is 6.84. The Morgan fingerprint density at radius 2 is 2.15 bits per heavy atom. The molecule has 2 aromatic rings. The monoisotopic (exact) mass is 313 g/mol. The minimum Gasteiger partial charge on any atom is -0.303 e. The Balaban J connectivity index is 1.78. The van der Waals surface area contributed by atoms with E-state index in [0.29, 0.717) is 5.56 Å². The summed E-state index contributed by atoms with van der Waals surface area (Å²) in [6.07, 6.45) is 1.99. The molecule has 106 valence electrons. The Morgan fingerprint density at radius 1 is 1.35 bits per heavy atom. The third kappa shape index (κ3) is 2.60. The van der Waals surface area contributed by atoms with Crippen LogP contribution < -0.4 is 5.32 Å². The number of thiophene rings is 1. The van der Waals surface area contributed by atoms with Crippen LogP contribution in [0.4, 0.5) is 8.78 Å². The maximum Gasteiger partial charge on any atom is 0.130 e. The van der Waals surface area contributed by atoms with Crippen molar-refractivity contribution in [3.05, 3.63) is 56.2 Å². The SMILES string of the molecule is CC(NC1CCc2sc(Cl)cc21)c1ccc(F)cc1F. The number of hydrogen-bond acceptors (Lipinski definition) is 2. The van der Waals surface area contributed by atoms with E-state index in [9.17, 15) is 8.78 Å². The molecule has 0 aliphatic heterocycles. The maximum absolute atomic E-state index is 13.8. The third-order valence-electron chi connectivity index (χ3n) is 3.73. The van der Waals surface area contributed by atoms with Crippen molar-refractivity contribution in [1.29, 1.82) is 0 Å². The fourth-order valence-electron chi connectivity index (χ4n) is 2.75. The quantitative estimate of drug-likeness (QED) is 0.839. The average molecular weight is 314 g/mol. The van der Waals surface area contributed by atoms with E-state index in [4.69, 9.17) is 11.6 Å². The summed E-state index contributed by atoms with van der Waals surface area (Å²) in [4.78, 5) is 1.30. The predicted octanol–water partition coefficient (Wildman–Crippen LogP) is 5.02. The molecular formula is C15H14ClF2NS. The van der Waals surface area contributed by atoms with Gasteiger partial charge in [0, 0.05) is 28.6 Å². The van der Waals surface area contributed by atoms with Crippen molar-refractivity contribution in [1.82, 2.24) is 5.32 Å². The highest BCUT2D eigenvalue weighted by Crippen LogP contribution is 2.40. The molecule has 0 bridgehead atoms. The van der Waals surface area contributed by atoms with Gasteiger partial charge in [-0.05, 0) is 37.5 Å². The van der Waals surface area contributed by atoms with Crippen molar-refractivity contribution >= 4 is 22.9 Å². The van der Waals surface area contributed by atoms with Gasteiger partial charge in [0.1, 0.15) is 11.6 Å². The molecule has 0 spiro atoms. The summed E-state index contributed by atoms with van der Waals surface area (Å²) in [5.74, 6) is -1.06. The summed E-state index contributed by atoms with van der Waals surface area (Å²) >= 11 is 7.64. The molecule has 0 fully saturated rings. The summed E-state index contributed by atoms with van der Waals surface area (Å²) in [7, 11) is 0. The van der Waals surface area contributed by atoms with Gasteiger partial charge in [0.25, 0.3) is 0 Å². The van der Waals surface area contributed by atoms with Crippen LogP contribution in [0.15, 0.2) is 24.3 Å². The Labute approximate surface area is 125 Å². The number of hydrogen-bond donors (Lipinski definition) is 1.